The summed E-state index contributed by atoms with van der Waals surface area (Å²) in [6.45, 7) is 3.94. The van der Waals surface area contributed by atoms with E-state index in [1.165, 1.54) is 31.0 Å². The minimum atomic E-state index is -4.27. The first-order valence-corrected chi connectivity index (χ1v) is 12.8. The number of benzene rings is 3. The number of hydrogen-bond acceptors (Lipinski definition) is 4. The van der Waals surface area contributed by atoms with Crippen molar-refractivity contribution in [2.45, 2.75) is 37.1 Å². The van der Waals surface area contributed by atoms with Gasteiger partial charge in [0.25, 0.3) is 0 Å². The molecule has 0 unspecified atom stereocenters. The monoisotopic (exact) mass is 481 g/mol. The number of carbonyl (C=O) groups is 1. The molecule has 8 heteroatoms. The SMILES string of the molecule is Cc1cc(N2CCCC2)ccc1NC(=O)[C@@H](Cc1ccccc1)NS(=O)(=O)c1ccccc1F. The number of amides is 1. The molecule has 1 aliphatic heterocycles. The molecule has 0 aliphatic carbocycles. The van der Waals surface area contributed by atoms with Crippen LogP contribution in [-0.4, -0.2) is 33.5 Å². The molecule has 0 saturated carbocycles. The van der Waals surface area contributed by atoms with E-state index in [2.05, 4.69) is 14.9 Å². The highest BCUT2D eigenvalue weighted by Crippen LogP contribution is 2.26. The zero-order chi connectivity index (χ0) is 24.1. The van der Waals surface area contributed by atoms with Crippen LogP contribution in [0, 0.1) is 12.7 Å². The molecule has 3 aromatic carbocycles. The van der Waals surface area contributed by atoms with Crippen LogP contribution >= 0.6 is 0 Å². The Balaban J connectivity index is 1.57. The van der Waals surface area contributed by atoms with Gasteiger partial charge in [0.05, 0.1) is 0 Å². The Kier molecular flexibility index (Phi) is 7.29. The molecule has 1 atom stereocenters. The molecule has 1 aliphatic rings. The van der Waals surface area contributed by atoms with Crippen LogP contribution in [0.2, 0.25) is 0 Å². The molecule has 0 spiro atoms. The Hall–Kier alpha value is -3.23. The molecule has 34 heavy (non-hydrogen) atoms. The molecule has 6 nitrogen and oxygen atoms in total. The lowest BCUT2D eigenvalue weighted by Crippen LogP contribution is -2.45. The fourth-order valence-electron chi connectivity index (χ4n) is 4.13. The predicted molar refractivity (Wildman–Crippen MR) is 132 cm³/mol. The van der Waals surface area contributed by atoms with E-state index in [9.17, 15) is 17.6 Å². The molecule has 1 fully saturated rings. The number of hydrogen-bond donors (Lipinski definition) is 2. The highest BCUT2D eigenvalue weighted by Gasteiger charge is 2.28. The van der Waals surface area contributed by atoms with Gasteiger partial charge in [-0.15, -0.1) is 0 Å². The minimum absolute atomic E-state index is 0.116. The summed E-state index contributed by atoms with van der Waals surface area (Å²) >= 11 is 0. The lowest BCUT2D eigenvalue weighted by atomic mass is 10.1. The molecule has 2 N–H and O–H groups in total. The van der Waals surface area contributed by atoms with Gasteiger partial charge in [0.1, 0.15) is 16.8 Å². The molecule has 178 valence electrons. The standard InChI is InChI=1S/C26H28FN3O3S/c1-19-17-21(30-15-7-8-16-30)13-14-23(19)28-26(31)24(18-20-9-3-2-4-10-20)29-34(32,33)25-12-6-5-11-22(25)27/h2-6,9-14,17,24,29H,7-8,15-16,18H2,1H3,(H,28,31)/t24-/m1/s1. The van der Waals surface area contributed by atoms with Gasteiger partial charge in [-0.2, -0.15) is 4.72 Å². The highest BCUT2D eigenvalue weighted by molar-refractivity contribution is 7.89. The van der Waals surface area contributed by atoms with Crippen LogP contribution < -0.4 is 14.9 Å². The summed E-state index contributed by atoms with van der Waals surface area (Å²) < 4.78 is 42.5. The van der Waals surface area contributed by atoms with Crippen molar-refractivity contribution in [1.82, 2.24) is 4.72 Å². The maximum Gasteiger partial charge on any atom is 0.244 e. The van der Waals surface area contributed by atoms with Crippen molar-refractivity contribution in [3.63, 3.8) is 0 Å². The van der Waals surface area contributed by atoms with Gasteiger partial charge in [0, 0.05) is 24.5 Å². The van der Waals surface area contributed by atoms with E-state index in [0.717, 1.165) is 36.0 Å². The smallest absolute Gasteiger partial charge is 0.244 e. The first kappa shape index (κ1) is 23.9. The van der Waals surface area contributed by atoms with Gasteiger partial charge in [-0.25, -0.2) is 12.8 Å². The van der Waals surface area contributed by atoms with Gasteiger partial charge in [-0.1, -0.05) is 42.5 Å². The maximum atomic E-state index is 14.2. The van der Waals surface area contributed by atoms with Gasteiger partial charge in [0.15, 0.2) is 0 Å². The van der Waals surface area contributed by atoms with Crippen LogP contribution in [0.1, 0.15) is 24.0 Å². The van der Waals surface area contributed by atoms with Gasteiger partial charge in [0.2, 0.25) is 15.9 Å². The normalized spacial score (nSPS) is 14.7. The summed E-state index contributed by atoms with van der Waals surface area (Å²) in [5.74, 6) is -1.39. The van der Waals surface area contributed by atoms with E-state index in [1.807, 2.05) is 55.5 Å². The van der Waals surface area contributed by atoms with Crippen molar-refractivity contribution in [2.75, 3.05) is 23.3 Å². The van der Waals surface area contributed by atoms with Gasteiger partial charge in [-0.3, -0.25) is 4.79 Å². The zero-order valence-electron chi connectivity index (χ0n) is 19.0. The molecule has 4 rings (SSSR count). The second-order valence-corrected chi connectivity index (χ2v) is 10.2. The molecule has 0 aromatic heterocycles. The lowest BCUT2D eigenvalue weighted by molar-refractivity contribution is -0.117. The van der Waals surface area contributed by atoms with Crippen LogP contribution in [0.4, 0.5) is 15.8 Å². The average Bonchev–Trinajstić information content (AvgIpc) is 3.36. The number of nitrogens with one attached hydrogen (secondary N) is 2. The third kappa shape index (κ3) is 5.63. The Morgan fingerprint density at radius 3 is 2.35 bits per heavy atom. The topological polar surface area (TPSA) is 78.5 Å². The summed E-state index contributed by atoms with van der Waals surface area (Å²) in [6, 6.07) is 18.9. The number of carbonyl (C=O) groups excluding carboxylic acids is 1. The first-order valence-electron chi connectivity index (χ1n) is 11.3. The number of anilines is 2. The van der Waals surface area contributed by atoms with Crippen molar-refractivity contribution in [2.24, 2.45) is 0 Å². The molecule has 3 aromatic rings. The summed E-state index contributed by atoms with van der Waals surface area (Å²) in [5, 5.41) is 2.86. The van der Waals surface area contributed by atoms with Gasteiger partial charge < -0.3 is 10.2 Å². The van der Waals surface area contributed by atoms with Crippen LogP contribution in [0.5, 0.6) is 0 Å². The van der Waals surface area contributed by atoms with Crippen LogP contribution in [0.3, 0.4) is 0 Å². The number of sulfonamides is 1. The number of nitrogens with zero attached hydrogens (tertiary/aromatic N) is 1. The first-order chi connectivity index (χ1) is 16.3. The molecule has 0 bridgehead atoms. The molecule has 1 heterocycles. The predicted octanol–water partition coefficient (Wildman–Crippen LogP) is 4.26. The van der Waals surface area contributed by atoms with Crippen molar-refractivity contribution in [1.29, 1.82) is 0 Å². The lowest BCUT2D eigenvalue weighted by Gasteiger charge is -2.21. The second kappa shape index (κ2) is 10.4. The molecular formula is C26H28FN3O3S. The summed E-state index contributed by atoms with van der Waals surface area (Å²) in [6.07, 6.45) is 2.45. The number of aryl methyl sites for hydroxylation is 1. The van der Waals surface area contributed by atoms with Crippen LogP contribution in [0.25, 0.3) is 0 Å². The third-order valence-electron chi connectivity index (χ3n) is 5.96. The van der Waals surface area contributed by atoms with E-state index < -0.39 is 32.7 Å². The van der Waals surface area contributed by atoms with Crippen molar-refractivity contribution >= 4 is 27.3 Å². The van der Waals surface area contributed by atoms with Crippen LogP contribution in [0.15, 0.2) is 77.7 Å². The summed E-state index contributed by atoms with van der Waals surface area (Å²) in [7, 11) is -4.27. The molecule has 0 radical (unpaired) electrons. The molecular weight excluding hydrogens is 453 g/mol. The molecule has 1 saturated heterocycles. The Morgan fingerprint density at radius 1 is 1.00 bits per heavy atom. The summed E-state index contributed by atoms with van der Waals surface area (Å²) in [4.78, 5) is 15.1. The minimum Gasteiger partial charge on any atom is -0.372 e. The van der Waals surface area contributed by atoms with Crippen molar-refractivity contribution in [3.8, 4) is 0 Å². The fraction of sp³-hybridized carbons (Fsp3) is 0.269. The zero-order valence-corrected chi connectivity index (χ0v) is 19.8. The van der Waals surface area contributed by atoms with Crippen molar-refractivity contribution in [3.05, 3.63) is 89.7 Å². The third-order valence-corrected chi connectivity index (χ3v) is 7.47. The largest absolute Gasteiger partial charge is 0.372 e. The van der Waals surface area contributed by atoms with Crippen LogP contribution in [-0.2, 0) is 21.2 Å². The Bertz CT molecular complexity index is 1260. The fourth-order valence-corrected chi connectivity index (χ4v) is 5.41. The van der Waals surface area contributed by atoms with Gasteiger partial charge >= 0.3 is 0 Å². The highest BCUT2D eigenvalue weighted by atomic mass is 32.2. The van der Waals surface area contributed by atoms with E-state index in [1.54, 1.807) is 0 Å². The number of rotatable bonds is 8. The quantitative estimate of drug-likeness (QED) is 0.504. The Morgan fingerprint density at radius 2 is 1.68 bits per heavy atom. The van der Waals surface area contributed by atoms with Gasteiger partial charge in [-0.05, 0) is 67.6 Å². The molecule has 1 amide bonds. The van der Waals surface area contributed by atoms with E-state index >= 15 is 0 Å². The maximum absolute atomic E-state index is 14.2. The Labute approximate surface area is 199 Å². The number of halogens is 1. The second-order valence-electron chi connectivity index (χ2n) is 8.48. The summed E-state index contributed by atoms with van der Waals surface area (Å²) in [5.41, 5.74) is 3.37. The van der Waals surface area contributed by atoms with E-state index in [-0.39, 0.29) is 6.42 Å². The van der Waals surface area contributed by atoms with Crippen molar-refractivity contribution < 1.29 is 17.6 Å². The van der Waals surface area contributed by atoms with E-state index in [0.29, 0.717) is 5.69 Å². The average molecular weight is 482 g/mol. The van der Waals surface area contributed by atoms with E-state index in [4.69, 9.17) is 0 Å².